The molecule has 0 aromatic rings. The first-order valence-corrected chi connectivity index (χ1v) is 3.48. The Labute approximate surface area is 61.2 Å². The van der Waals surface area contributed by atoms with E-state index in [-0.39, 0.29) is 19.1 Å². The molecule has 0 rings (SSSR count). The average Bonchev–Trinajstić information content (AvgIpc) is 1.98. The molecule has 0 aliphatic heterocycles. The van der Waals surface area contributed by atoms with E-state index in [9.17, 15) is 0 Å². The molecule has 62 valence electrons. The Hall–Kier alpha value is -0.160. The third-order valence-corrected chi connectivity index (χ3v) is 1.12. The molecule has 4 nitrogen and oxygen atoms in total. The van der Waals surface area contributed by atoms with Crippen LogP contribution >= 0.6 is 0 Å². The second-order valence-electron chi connectivity index (χ2n) is 2.32. The van der Waals surface area contributed by atoms with E-state index in [1.807, 2.05) is 6.92 Å². The van der Waals surface area contributed by atoms with Crippen LogP contribution in [0.2, 0.25) is 0 Å². The zero-order valence-corrected chi connectivity index (χ0v) is 6.30. The zero-order valence-electron chi connectivity index (χ0n) is 6.30. The van der Waals surface area contributed by atoms with Crippen molar-refractivity contribution in [2.24, 2.45) is 5.92 Å². The smallest absolute Gasteiger partial charge is 0.0569 e. The lowest BCUT2D eigenvalue weighted by Crippen LogP contribution is -2.37. The third kappa shape index (κ3) is 5.97. The molecule has 0 amide bonds. The SMILES string of the molecule is CC(CO)CNNCCO. The highest BCUT2D eigenvalue weighted by molar-refractivity contribution is 4.50. The Bertz CT molecular complexity index is 70.8. The molecule has 0 fully saturated rings. The Kier molecular flexibility index (Phi) is 6.84. The van der Waals surface area contributed by atoms with Gasteiger partial charge in [-0.1, -0.05) is 6.92 Å². The van der Waals surface area contributed by atoms with E-state index in [0.29, 0.717) is 6.54 Å². The summed E-state index contributed by atoms with van der Waals surface area (Å²) in [6.45, 7) is 3.51. The topological polar surface area (TPSA) is 64.5 Å². The predicted molar refractivity (Wildman–Crippen MR) is 39.3 cm³/mol. The Morgan fingerprint density at radius 3 is 2.50 bits per heavy atom. The maximum Gasteiger partial charge on any atom is 0.0569 e. The van der Waals surface area contributed by atoms with Crippen molar-refractivity contribution < 1.29 is 10.2 Å². The number of hydrogen-bond acceptors (Lipinski definition) is 4. The average molecular weight is 148 g/mol. The van der Waals surface area contributed by atoms with Crippen molar-refractivity contribution in [3.05, 3.63) is 0 Å². The van der Waals surface area contributed by atoms with Crippen molar-refractivity contribution >= 4 is 0 Å². The minimum Gasteiger partial charge on any atom is -0.396 e. The summed E-state index contributed by atoms with van der Waals surface area (Å²) in [6.07, 6.45) is 0. The lowest BCUT2D eigenvalue weighted by Gasteiger charge is -2.09. The van der Waals surface area contributed by atoms with E-state index in [0.717, 1.165) is 6.54 Å². The maximum atomic E-state index is 8.57. The minimum absolute atomic E-state index is 0.126. The number of hydrogen-bond donors (Lipinski definition) is 4. The molecule has 0 aromatic carbocycles. The fraction of sp³-hybridized carbons (Fsp3) is 1.00. The van der Waals surface area contributed by atoms with Crippen LogP contribution in [0.3, 0.4) is 0 Å². The van der Waals surface area contributed by atoms with Gasteiger partial charge in [0.25, 0.3) is 0 Å². The summed E-state index contributed by atoms with van der Waals surface area (Å²) in [4.78, 5) is 0. The number of nitrogens with one attached hydrogen (secondary N) is 2. The second kappa shape index (κ2) is 6.95. The largest absolute Gasteiger partial charge is 0.396 e. The van der Waals surface area contributed by atoms with Gasteiger partial charge in [0.1, 0.15) is 0 Å². The number of rotatable bonds is 6. The van der Waals surface area contributed by atoms with E-state index in [1.54, 1.807) is 0 Å². The van der Waals surface area contributed by atoms with Crippen LogP contribution in [-0.2, 0) is 0 Å². The first-order valence-electron chi connectivity index (χ1n) is 3.48. The summed E-state index contributed by atoms with van der Waals surface area (Å²) in [5.74, 6) is 0.256. The lowest BCUT2D eigenvalue weighted by atomic mass is 10.2. The number of aliphatic hydroxyl groups excluding tert-OH is 2. The fourth-order valence-electron chi connectivity index (χ4n) is 0.455. The number of hydrazine groups is 1. The van der Waals surface area contributed by atoms with E-state index in [2.05, 4.69) is 10.9 Å². The van der Waals surface area contributed by atoms with Gasteiger partial charge in [-0.15, -0.1) is 0 Å². The minimum atomic E-state index is 0.126. The van der Waals surface area contributed by atoms with Crippen LogP contribution in [0.15, 0.2) is 0 Å². The van der Waals surface area contributed by atoms with Crippen LogP contribution in [0.5, 0.6) is 0 Å². The zero-order chi connectivity index (χ0) is 7.82. The van der Waals surface area contributed by atoms with Gasteiger partial charge in [-0.25, -0.2) is 0 Å². The van der Waals surface area contributed by atoms with E-state index >= 15 is 0 Å². The predicted octanol–water partition coefficient (Wildman–Crippen LogP) is -1.30. The molecule has 0 radical (unpaired) electrons. The molecule has 0 aliphatic rings. The van der Waals surface area contributed by atoms with Crippen LogP contribution in [0, 0.1) is 5.92 Å². The Balaban J connectivity index is 2.89. The number of aliphatic hydroxyl groups is 2. The standard InChI is InChI=1S/C6H16N2O2/c1-6(5-10)4-8-7-2-3-9/h6-10H,2-5H2,1H3. The van der Waals surface area contributed by atoms with Crippen LogP contribution in [0.4, 0.5) is 0 Å². The monoisotopic (exact) mass is 148 g/mol. The molecule has 1 atom stereocenters. The van der Waals surface area contributed by atoms with Crippen LogP contribution in [0.25, 0.3) is 0 Å². The molecular weight excluding hydrogens is 132 g/mol. The van der Waals surface area contributed by atoms with Gasteiger partial charge in [-0.05, 0) is 5.92 Å². The summed E-state index contributed by atoms with van der Waals surface area (Å²) >= 11 is 0. The summed E-state index contributed by atoms with van der Waals surface area (Å²) in [5.41, 5.74) is 5.66. The van der Waals surface area contributed by atoms with Gasteiger partial charge in [0.15, 0.2) is 0 Å². The quantitative estimate of drug-likeness (QED) is 0.279. The van der Waals surface area contributed by atoms with Gasteiger partial charge < -0.3 is 10.2 Å². The van der Waals surface area contributed by atoms with Gasteiger partial charge >= 0.3 is 0 Å². The van der Waals surface area contributed by atoms with Crippen LogP contribution in [0.1, 0.15) is 6.92 Å². The molecule has 4 N–H and O–H groups in total. The summed E-state index contributed by atoms with van der Waals surface area (Å²) in [7, 11) is 0. The van der Waals surface area contributed by atoms with E-state index in [4.69, 9.17) is 10.2 Å². The molecule has 0 bridgehead atoms. The Morgan fingerprint density at radius 2 is 2.00 bits per heavy atom. The van der Waals surface area contributed by atoms with Crippen molar-refractivity contribution in [2.45, 2.75) is 6.92 Å². The third-order valence-electron chi connectivity index (χ3n) is 1.12. The highest BCUT2D eigenvalue weighted by Crippen LogP contribution is 1.86. The molecule has 0 saturated heterocycles. The molecule has 0 saturated carbocycles. The highest BCUT2D eigenvalue weighted by Gasteiger charge is 1.96. The van der Waals surface area contributed by atoms with Crippen molar-refractivity contribution in [3.8, 4) is 0 Å². The second-order valence-corrected chi connectivity index (χ2v) is 2.32. The van der Waals surface area contributed by atoms with Crippen molar-refractivity contribution in [2.75, 3.05) is 26.3 Å². The molecule has 0 aromatic heterocycles. The first-order chi connectivity index (χ1) is 4.81. The summed E-state index contributed by atoms with van der Waals surface area (Å²) in [5, 5.41) is 16.9. The Morgan fingerprint density at radius 1 is 1.30 bits per heavy atom. The molecular formula is C6H16N2O2. The first kappa shape index (κ1) is 9.84. The summed E-state index contributed by atoms with van der Waals surface area (Å²) in [6, 6.07) is 0. The molecule has 4 heteroatoms. The van der Waals surface area contributed by atoms with Gasteiger partial charge in [-0.3, -0.25) is 10.9 Å². The van der Waals surface area contributed by atoms with Crippen LogP contribution < -0.4 is 10.9 Å². The molecule has 0 aliphatic carbocycles. The van der Waals surface area contributed by atoms with Crippen molar-refractivity contribution in [1.82, 2.24) is 10.9 Å². The van der Waals surface area contributed by atoms with E-state index in [1.165, 1.54) is 0 Å². The molecule has 0 heterocycles. The van der Waals surface area contributed by atoms with Crippen LogP contribution in [-0.4, -0.2) is 36.5 Å². The lowest BCUT2D eigenvalue weighted by molar-refractivity contribution is 0.225. The fourth-order valence-corrected chi connectivity index (χ4v) is 0.455. The van der Waals surface area contributed by atoms with Crippen molar-refractivity contribution in [3.63, 3.8) is 0 Å². The maximum absolute atomic E-state index is 8.57. The molecule has 0 spiro atoms. The highest BCUT2D eigenvalue weighted by atomic mass is 16.3. The van der Waals surface area contributed by atoms with Gasteiger partial charge in [0.2, 0.25) is 0 Å². The normalized spacial score (nSPS) is 13.5. The molecule has 10 heavy (non-hydrogen) atoms. The summed E-state index contributed by atoms with van der Waals surface area (Å²) < 4.78 is 0. The van der Waals surface area contributed by atoms with Gasteiger partial charge in [0.05, 0.1) is 6.61 Å². The molecule has 1 unspecified atom stereocenters. The van der Waals surface area contributed by atoms with Crippen molar-refractivity contribution in [1.29, 1.82) is 0 Å². The van der Waals surface area contributed by atoms with E-state index < -0.39 is 0 Å². The van der Waals surface area contributed by atoms with Gasteiger partial charge in [-0.2, -0.15) is 0 Å². The van der Waals surface area contributed by atoms with Gasteiger partial charge in [0, 0.05) is 19.7 Å².